The van der Waals surface area contributed by atoms with Crippen LogP contribution in [0, 0.1) is 0 Å². The number of ether oxygens (including phenoxy) is 3. The molecule has 0 atom stereocenters. The molecule has 0 fully saturated rings. The molecule has 6 nitrogen and oxygen atoms in total. The lowest BCUT2D eigenvalue weighted by Crippen LogP contribution is -2.46. The standard InChI is InChI=1S/C15H27NO5/c1-7-12(17)20-11-9-16-13(18)15(4,5)21-10-8-14(2,3)19-6/h7H,1,8-11H2,2-6H3,(H,16,18). The van der Waals surface area contributed by atoms with E-state index in [-0.39, 0.29) is 24.7 Å². The van der Waals surface area contributed by atoms with Gasteiger partial charge in [0.25, 0.3) is 5.91 Å². The van der Waals surface area contributed by atoms with E-state index < -0.39 is 11.6 Å². The summed E-state index contributed by atoms with van der Waals surface area (Å²) >= 11 is 0. The van der Waals surface area contributed by atoms with E-state index in [0.717, 1.165) is 6.08 Å². The summed E-state index contributed by atoms with van der Waals surface area (Å²) < 4.78 is 15.7. The van der Waals surface area contributed by atoms with Crippen molar-refractivity contribution in [2.45, 2.75) is 45.3 Å². The number of methoxy groups -OCH3 is 1. The lowest BCUT2D eigenvalue weighted by Gasteiger charge is -2.28. The number of nitrogens with one attached hydrogen (secondary N) is 1. The lowest BCUT2D eigenvalue weighted by atomic mass is 10.1. The highest BCUT2D eigenvalue weighted by molar-refractivity contribution is 5.84. The molecule has 1 N–H and O–H groups in total. The van der Waals surface area contributed by atoms with Gasteiger partial charge in [-0.1, -0.05) is 6.58 Å². The van der Waals surface area contributed by atoms with Crippen LogP contribution in [0.4, 0.5) is 0 Å². The summed E-state index contributed by atoms with van der Waals surface area (Å²) in [6, 6.07) is 0. The maximum absolute atomic E-state index is 12.0. The van der Waals surface area contributed by atoms with Crippen LogP contribution in [0.2, 0.25) is 0 Å². The molecule has 0 bridgehead atoms. The minimum atomic E-state index is -0.952. The van der Waals surface area contributed by atoms with E-state index in [1.54, 1.807) is 21.0 Å². The Labute approximate surface area is 126 Å². The quantitative estimate of drug-likeness (QED) is 0.375. The SMILES string of the molecule is C=CC(=O)OCCNC(=O)C(C)(C)OCCC(C)(C)OC. The van der Waals surface area contributed by atoms with Gasteiger partial charge in [-0.2, -0.15) is 0 Å². The number of amides is 1. The van der Waals surface area contributed by atoms with Crippen molar-refractivity contribution in [2.24, 2.45) is 0 Å². The molecule has 0 aliphatic carbocycles. The zero-order valence-electron chi connectivity index (χ0n) is 13.7. The van der Waals surface area contributed by atoms with Gasteiger partial charge in [-0.25, -0.2) is 4.79 Å². The first-order chi connectivity index (χ1) is 9.64. The summed E-state index contributed by atoms with van der Waals surface area (Å²) in [5.41, 5.74) is -1.24. The molecule has 0 spiro atoms. The molecular formula is C15H27NO5. The van der Waals surface area contributed by atoms with E-state index in [0.29, 0.717) is 13.0 Å². The number of carbonyl (C=O) groups is 2. The third-order valence-corrected chi connectivity index (χ3v) is 3.07. The van der Waals surface area contributed by atoms with Gasteiger partial charge in [-0.3, -0.25) is 4.79 Å². The van der Waals surface area contributed by atoms with Crippen LogP contribution in [0.3, 0.4) is 0 Å². The molecular weight excluding hydrogens is 274 g/mol. The van der Waals surface area contributed by atoms with Gasteiger partial charge in [0.05, 0.1) is 18.8 Å². The summed E-state index contributed by atoms with van der Waals surface area (Å²) in [6.07, 6.45) is 1.75. The summed E-state index contributed by atoms with van der Waals surface area (Å²) in [7, 11) is 1.64. The molecule has 21 heavy (non-hydrogen) atoms. The smallest absolute Gasteiger partial charge is 0.330 e. The van der Waals surface area contributed by atoms with Crippen molar-refractivity contribution in [1.82, 2.24) is 5.32 Å². The predicted molar refractivity (Wildman–Crippen MR) is 79.9 cm³/mol. The van der Waals surface area contributed by atoms with E-state index in [4.69, 9.17) is 14.2 Å². The first-order valence-corrected chi connectivity index (χ1v) is 6.91. The van der Waals surface area contributed by atoms with Crippen LogP contribution in [0.25, 0.3) is 0 Å². The fraction of sp³-hybridized carbons (Fsp3) is 0.733. The van der Waals surface area contributed by atoms with Gasteiger partial charge < -0.3 is 19.5 Å². The van der Waals surface area contributed by atoms with E-state index in [1.807, 2.05) is 13.8 Å². The average Bonchev–Trinajstić information content (AvgIpc) is 2.42. The summed E-state index contributed by atoms with van der Waals surface area (Å²) in [5.74, 6) is -0.770. The lowest BCUT2D eigenvalue weighted by molar-refractivity contribution is -0.146. The van der Waals surface area contributed by atoms with Gasteiger partial charge in [0.2, 0.25) is 0 Å². The molecule has 6 heteroatoms. The van der Waals surface area contributed by atoms with Crippen LogP contribution < -0.4 is 5.32 Å². The highest BCUT2D eigenvalue weighted by Crippen LogP contribution is 2.16. The van der Waals surface area contributed by atoms with E-state index >= 15 is 0 Å². The summed E-state index contributed by atoms with van der Waals surface area (Å²) in [5, 5.41) is 2.66. The number of hydrogen-bond acceptors (Lipinski definition) is 5. The number of rotatable bonds is 10. The van der Waals surface area contributed by atoms with Gasteiger partial charge >= 0.3 is 5.97 Å². The van der Waals surface area contributed by atoms with Gasteiger partial charge in [0.1, 0.15) is 12.2 Å². The van der Waals surface area contributed by atoms with Crippen LogP contribution in [0.15, 0.2) is 12.7 Å². The minimum absolute atomic E-state index is 0.101. The summed E-state index contributed by atoms with van der Waals surface area (Å²) in [4.78, 5) is 22.8. The van der Waals surface area contributed by atoms with Crippen LogP contribution in [-0.4, -0.2) is 49.9 Å². The minimum Gasteiger partial charge on any atom is -0.461 e. The van der Waals surface area contributed by atoms with Gasteiger partial charge in [-0.15, -0.1) is 0 Å². The molecule has 0 saturated carbocycles. The Balaban J connectivity index is 4.04. The Morgan fingerprint density at radius 3 is 2.33 bits per heavy atom. The molecule has 0 aliphatic rings. The zero-order chi connectivity index (χ0) is 16.5. The first kappa shape index (κ1) is 19.6. The van der Waals surface area contributed by atoms with Crippen molar-refractivity contribution < 1.29 is 23.8 Å². The Kier molecular flexibility index (Phi) is 8.21. The fourth-order valence-corrected chi connectivity index (χ4v) is 1.31. The average molecular weight is 301 g/mol. The largest absolute Gasteiger partial charge is 0.461 e. The van der Waals surface area contributed by atoms with Gasteiger partial charge in [-0.05, 0) is 34.1 Å². The molecule has 0 aliphatic heterocycles. The maximum Gasteiger partial charge on any atom is 0.330 e. The molecule has 0 heterocycles. The molecule has 0 rings (SSSR count). The normalized spacial score (nSPS) is 11.9. The van der Waals surface area contributed by atoms with Crippen LogP contribution in [0.1, 0.15) is 34.1 Å². The van der Waals surface area contributed by atoms with Crippen molar-refractivity contribution in [1.29, 1.82) is 0 Å². The fourth-order valence-electron chi connectivity index (χ4n) is 1.31. The maximum atomic E-state index is 12.0. The van der Waals surface area contributed by atoms with Crippen LogP contribution in [0.5, 0.6) is 0 Å². The second-order valence-electron chi connectivity index (χ2n) is 5.70. The van der Waals surface area contributed by atoms with Gasteiger partial charge in [0.15, 0.2) is 0 Å². The molecule has 0 aromatic rings. The molecule has 0 unspecified atom stereocenters. The van der Waals surface area contributed by atoms with Crippen molar-refractivity contribution in [3.05, 3.63) is 12.7 Å². The second kappa shape index (κ2) is 8.79. The van der Waals surface area contributed by atoms with E-state index in [1.165, 1.54) is 0 Å². The van der Waals surface area contributed by atoms with Gasteiger partial charge in [0, 0.05) is 13.2 Å². The number of carbonyl (C=O) groups excluding carboxylic acids is 2. The Morgan fingerprint density at radius 2 is 1.81 bits per heavy atom. The molecule has 0 aromatic heterocycles. The topological polar surface area (TPSA) is 73.9 Å². The summed E-state index contributed by atoms with van der Waals surface area (Å²) in [6.45, 7) is 11.3. The Bertz CT molecular complexity index is 363. The first-order valence-electron chi connectivity index (χ1n) is 6.91. The second-order valence-corrected chi connectivity index (χ2v) is 5.70. The van der Waals surface area contributed by atoms with E-state index in [2.05, 4.69) is 11.9 Å². The monoisotopic (exact) mass is 301 g/mol. The predicted octanol–water partition coefficient (Wildman–Crippen LogP) is 1.44. The highest BCUT2D eigenvalue weighted by Gasteiger charge is 2.29. The van der Waals surface area contributed by atoms with Crippen molar-refractivity contribution in [2.75, 3.05) is 26.9 Å². The van der Waals surface area contributed by atoms with Crippen LogP contribution >= 0.6 is 0 Å². The van der Waals surface area contributed by atoms with Crippen LogP contribution in [-0.2, 0) is 23.8 Å². The third-order valence-electron chi connectivity index (χ3n) is 3.07. The molecule has 1 amide bonds. The highest BCUT2D eigenvalue weighted by atomic mass is 16.5. The number of hydrogen-bond donors (Lipinski definition) is 1. The Morgan fingerprint density at radius 1 is 1.19 bits per heavy atom. The number of esters is 1. The molecule has 0 aromatic carbocycles. The van der Waals surface area contributed by atoms with Crippen molar-refractivity contribution in [3.63, 3.8) is 0 Å². The molecule has 0 radical (unpaired) electrons. The van der Waals surface area contributed by atoms with Crippen molar-refractivity contribution >= 4 is 11.9 Å². The third kappa shape index (κ3) is 8.47. The van der Waals surface area contributed by atoms with E-state index in [9.17, 15) is 9.59 Å². The Hall–Kier alpha value is -1.40. The zero-order valence-corrected chi connectivity index (χ0v) is 13.7. The molecule has 122 valence electrons. The molecule has 0 saturated heterocycles. The van der Waals surface area contributed by atoms with Crippen molar-refractivity contribution in [3.8, 4) is 0 Å².